The molecule has 0 aliphatic rings. The molecule has 0 saturated carbocycles. The monoisotopic (exact) mass is 660 g/mol. The first kappa shape index (κ1) is 38.0. The minimum Gasteiger partial charge on any atom is -0.393 e. The maximum atomic E-state index is 13.6. The summed E-state index contributed by atoms with van der Waals surface area (Å²) in [6.45, 7) is 13.4. The van der Waals surface area contributed by atoms with Crippen molar-refractivity contribution >= 4 is 31.0 Å². The van der Waals surface area contributed by atoms with Crippen LogP contribution in [0.25, 0.3) is 0 Å². The Balaban J connectivity index is 1.76. The molecule has 0 aromatic heterocycles. The molecule has 0 aliphatic heterocycles. The highest BCUT2D eigenvalue weighted by Gasteiger charge is 2.32. The molecule has 7 heteroatoms. The molecule has 0 heterocycles. The van der Waals surface area contributed by atoms with Crippen molar-refractivity contribution in [3.63, 3.8) is 0 Å². The van der Waals surface area contributed by atoms with Crippen molar-refractivity contribution in [1.29, 1.82) is 0 Å². The van der Waals surface area contributed by atoms with Crippen LogP contribution in [0.15, 0.2) is 95.1 Å². The van der Waals surface area contributed by atoms with Crippen LogP contribution in [0, 0.1) is 5.92 Å². The van der Waals surface area contributed by atoms with Crippen LogP contribution in [-0.4, -0.2) is 6.61 Å². The molecule has 1 unspecified atom stereocenters. The van der Waals surface area contributed by atoms with E-state index in [1.165, 1.54) is 22.3 Å². The lowest BCUT2D eigenvalue weighted by Gasteiger charge is -2.21. The topological polar surface area (TPSA) is 44.8 Å². The van der Waals surface area contributed by atoms with Crippen molar-refractivity contribution in [2.45, 2.75) is 99.3 Å². The van der Waals surface area contributed by atoms with Crippen LogP contribution in [0.2, 0.25) is 10.0 Å². The van der Waals surface area contributed by atoms with Gasteiger partial charge in [-0.15, -0.1) is 0 Å². The molecule has 0 aliphatic carbocycles. The van der Waals surface area contributed by atoms with Crippen LogP contribution in [0.3, 0.4) is 0 Å². The SMILES string of the molecule is CC(C)=CCC/C(C)=C/CC/C(C)=C/CC/C(C)=C/CCC(C)CCOP(=O)(Oc1ccccc1Cl)Oc1ccccc1Cl. The minimum absolute atomic E-state index is 0.213. The molecule has 2 aromatic carbocycles. The molecule has 2 rings (SSSR count). The van der Waals surface area contributed by atoms with Gasteiger partial charge in [-0.3, -0.25) is 4.52 Å². The lowest BCUT2D eigenvalue weighted by Crippen LogP contribution is -2.08. The fourth-order valence-corrected chi connectivity index (χ4v) is 6.19. The third-order valence-electron chi connectivity index (χ3n) is 7.26. The van der Waals surface area contributed by atoms with Gasteiger partial charge in [0.05, 0.1) is 16.7 Å². The first-order chi connectivity index (χ1) is 21.0. The lowest BCUT2D eigenvalue weighted by atomic mass is 10.0. The Bertz CT molecular complexity index is 1270. The van der Waals surface area contributed by atoms with Crippen LogP contribution in [0.5, 0.6) is 11.5 Å². The van der Waals surface area contributed by atoms with Gasteiger partial charge in [0.15, 0.2) is 11.5 Å². The predicted octanol–water partition coefficient (Wildman–Crippen LogP) is 13.5. The van der Waals surface area contributed by atoms with Crippen molar-refractivity contribution in [3.05, 3.63) is 105 Å². The Labute approximate surface area is 276 Å². The zero-order valence-corrected chi connectivity index (χ0v) is 29.8. The first-order valence-corrected chi connectivity index (χ1v) is 17.9. The Morgan fingerprint density at radius 1 is 0.682 bits per heavy atom. The highest BCUT2D eigenvalue weighted by Crippen LogP contribution is 2.52. The fraction of sp³-hybridized carbons (Fsp3) is 0.459. The van der Waals surface area contributed by atoms with Crippen molar-refractivity contribution in [2.24, 2.45) is 5.92 Å². The molecule has 0 amide bonds. The number of hydrogen-bond acceptors (Lipinski definition) is 4. The summed E-state index contributed by atoms with van der Waals surface area (Å²) in [5, 5.41) is 0.627. The second-order valence-electron chi connectivity index (χ2n) is 11.8. The molecular weight excluding hydrogens is 610 g/mol. The van der Waals surface area contributed by atoms with Gasteiger partial charge in [0.25, 0.3) is 0 Å². The van der Waals surface area contributed by atoms with E-state index >= 15 is 0 Å². The minimum atomic E-state index is -4.05. The quantitative estimate of drug-likeness (QED) is 0.105. The molecule has 44 heavy (non-hydrogen) atoms. The standard InChI is InChI=1S/C37H51Cl2O4P/c1-29(2)15-11-16-30(3)17-12-18-31(4)19-13-20-32(5)21-14-22-33(6)27-28-41-44(40,42-36-25-9-7-23-34(36)38)43-37-26-10-8-24-35(37)39/h7-10,15,17,19,21,23-26,33H,11-14,16,18,20,22,27-28H2,1-6H3/b30-17+,31-19+,32-21+. The number of para-hydroxylation sites is 2. The molecule has 0 fully saturated rings. The van der Waals surface area contributed by atoms with Gasteiger partial charge < -0.3 is 9.05 Å². The van der Waals surface area contributed by atoms with Gasteiger partial charge in [0, 0.05) is 0 Å². The summed E-state index contributed by atoms with van der Waals surface area (Å²) in [4.78, 5) is 0. The molecule has 0 spiro atoms. The van der Waals surface area contributed by atoms with E-state index in [1.54, 1.807) is 48.5 Å². The summed E-state index contributed by atoms with van der Waals surface area (Å²) >= 11 is 12.5. The van der Waals surface area contributed by atoms with E-state index in [9.17, 15) is 4.57 Å². The van der Waals surface area contributed by atoms with Gasteiger partial charge in [-0.2, -0.15) is 0 Å². The normalized spacial score (nSPS) is 13.5. The van der Waals surface area contributed by atoms with Gasteiger partial charge in [0.2, 0.25) is 0 Å². The van der Waals surface area contributed by atoms with E-state index in [1.807, 2.05) is 0 Å². The van der Waals surface area contributed by atoms with Gasteiger partial charge in [0.1, 0.15) is 0 Å². The second kappa shape index (κ2) is 20.7. The van der Waals surface area contributed by atoms with Crippen molar-refractivity contribution in [2.75, 3.05) is 6.61 Å². The van der Waals surface area contributed by atoms with Gasteiger partial charge in [-0.1, -0.05) is 101 Å². The summed E-state index contributed by atoms with van der Waals surface area (Å²) in [6.07, 6.45) is 18.8. The summed E-state index contributed by atoms with van der Waals surface area (Å²) in [6, 6.07) is 13.6. The molecule has 0 bridgehead atoms. The van der Waals surface area contributed by atoms with Crippen LogP contribution in [-0.2, 0) is 9.09 Å². The van der Waals surface area contributed by atoms with Crippen LogP contribution >= 0.6 is 31.0 Å². The van der Waals surface area contributed by atoms with Crippen molar-refractivity contribution in [3.8, 4) is 11.5 Å². The molecule has 0 radical (unpaired) electrons. The van der Waals surface area contributed by atoms with Gasteiger partial charge >= 0.3 is 7.82 Å². The van der Waals surface area contributed by atoms with Crippen LogP contribution < -0.4 is 9.05 Å². The van der Waals surface area contributed by atoms with E-state index in [-0.39, 0.29) is 18.1 Å². The average molecular weight is 662 g/mol. The van der Waals surface area contributed by atoms with Gasteiger partial charge in [-0.05, 0) is 123 Å². The number of phosphoric acid groups is 1. The Morgan fingerprint density at radius 2 is 1.11 bits per heavy atom. The molecule has 0 saturated heterocycles. The smallest absolute Gasteiger partial charge is 0.393 e. The Hall–Kier alpha value is -2.23. The van der Waals surface area contributed by atoms with Crippen molar-refractivity contribution < 1.29 is 18.1 Å². The number of phosphoric ester groups is 1. The summed E-state index contributed by atoms with van der Waals surface area (Å²) < 4.78 is 30.8. The third kappa shape index (κ3) is 16.2. The Kier molecular flexibility index (Phi) is 17.9. The predicted molar refractivity (Wildman–Crippen MR) is 189 cm³/mol. The number of rotatable bonds is 20. The van der Waals surface area contributed by atoms with E-state index in [0.717, 1.165) is 51.4 Å². The van der Waals surface area contributed by atoms with Gasteiger partial charge in [-0.25, -0.2) is 4.57 Å². The summed E-state index contributed by atoms with van der Waals surface area (Å²) in [7, 11) is -4.05. The van der Waals surface area contributed by atoms with Crippen molar-refractivity contribution in [1.82, 2.24) is 0 Å². The fourth-order valence-electron chi connectivity index (χ4n) is 4.46. The molecular formula is C37H51Cl2O4P. The third-order valence-corrected chi connectivity index (χ3v) is 9.22. The molecule has 4 nitrogen and oxygen atoms in total. The number of allylic oxidation sites excluding steroid dienone is 8. The first-order valence-electron chi connectivity index (χ1n) is 15.7. The second-order valence-corrected chi connectivity index (χ2v) is 14.2. The van der Waals surface area contributed by atoms with E-state index in [0.29, 0.717) is 22.4 Å². The maximum absolute atomic E-state index is 13.6. The Morgan fingerprint density at radius 3 is 1.57 bits per heavy atom. The summed E-state index contributed by atoms with van der Waals surface area (Å²) in [5.41, 5.74) is 5.76. The zero-order valence-electron chi connectivity index (χ0n) is 27.4. The highest BCUT2D eigenvalue weighted by molar-refractivity contribution is 7.49. The van der Waals surface area contributed by atoms with E-state index in [4.69, 9.17) is 36.8 Å². The molecule has 1 atom stereocenters. The summed E-state index contributed by atoms with van der Waals surface area (Å²) in [5.74, 6) is 0.815. The lowest BCUT2D eigenvalue weighted by molar-refractivity contribution is 0.196. The molecule has 2 aromatic rings. The maximum Gasteiger partial charge on any atom is 0.587 e. The largest absolute Gasteiger partial charge is 0.587 e. The highest BCUT2D eigenvalue weighted by atomic mass is 35.5. The van der Waals surface area contributed by atoms with E-state index < -0.39 is 7.82 Å². The molecule has 242 valence electrons. The van der Waals surface area contributed by atoms with E-state index in [2.05, 4.69) is 65.8 Å². The number of halogens is 2. The van der Waals surface area contributed by atoms with Crippen LogP contribution in [0.1, 0.15) is 99.3 Å². The number of hydrogen-bond donors (Lipinski definition) is 0. The molecule has 0 N–H and O–H groups in total. The van der Waals surface area contributed by atoms with Crippen LogP contribution in [0.4, 0.5) is 0 Å². The zero-order chi connectivity index (χ0) is 32.4. The average Bonchev–Trinajstić information content (AvgIpc) is 2.95. The number of benzene rings is 2.